The summed E-state index contributed by atoms with van der Waals surface area (Å²) in [5.41, 5.74) is 9.34. The van der Waals surface area contributed by atoms with E-state index in [1.54, 1.807) is 24.3 Å². The van der Waals surface area contributed by atoms with Crippen molar-refractivity contribution in [1.82, 2.24) is 0 Å². The molecule has 0 fully saturated rings. The molecule has 0 saturated carbocycles. The molecule has 3 aromatic rings. The lowest BCUT2D eigenvalue weighted by molar-refractivity contribution is 0.595. The maximum atomic E-state index is 13.2. The van der Waals surface area contributed by atoms with Crippen LogP contribution in [0.2, 0.25) is 0 Å². The smallest absolute Gasteiger partial charge is 0.208 e. The standard InChI is InChI=1S/C19H18N2O2S3/c1-12-5-3-8-16(21)18(12)13-6-4-7-15(9-13)26(22,23)17-10-14(11-20)25-19(17)24-2/h3-11,20H,21H2,1-2H3. The molecule has 1 heterocycles. The van der Waals surface area contributed by atoms with Crippen molar-refractivity contribution in [2.75, 3.05) is 12.0 Å². The summed E-state index contributed by atoms with van der Waals surface area (Å²) in [6.45, 7) is 1.95. The molecular weight excluding hydrogens is 384 g/mol. The normalized spacial score (nSPS) is 11.5. The van der Waals surface area contributed by atoms with E-state index in [0.29, 0.717) is 14.8 Å². The molecule has 0 bridgehead atoms. The number of thiophene rings is 1. The Bertz CT molecular complexity index is 1070. The highest BCUT2D eigenvalue weighted by molar-refractivity contribution is 8.01. The highest BCUT2D eigenvalue weighted by atomic mass is 32.2. The first-order valence-electron chi connectivity index (χ1n) is 7.77. The van der Waals surface area contributed by atoms with Crippen molar-refractivity contribution in [1.29, 1.82) is 5.41 Å². The number of sulfone groups is 1. The fourth-order valence-corrected chi connectivity index (χ4v) is 6.70. The molecule has 0 aliphatic rings. The van der Waals surface area contributed by atoms with Crippen molar-refractivity contribution in [2.45, 2.75) is 20.9 Å². The van der Waals surface area contributed by atoms with Gasteiger partial charge < -0.3 is 11.1 Å². The van der Waals surface area contributed by atoms with Crippen LogP contribution in [-0.4, -0.2) is 20.9 Å². The first kappa shape index (κ1) is 18.7. The lowest BCUT2D eigenvalue weighted by Gasteiger charge is -2.11. The van der Waals surface area contributed by atoms with Gasteiger partial charge in [0.2, 0.25) is 9.84 Å². The largest absolute Gasteiger partial charge is 0.398 e. The predicted octanol–water partition coefficient (Wildman–Crippen LogP) is 4.86. The van der Waals surface area contributed by atoms with Gasteiger partial charge in [0.05, 0.1) is 14.0 Å². The summed E-state index contributed by atoms with van der Waals surface area (Å²) in [4.78, 5) is 1.10. The fraction of sp³-hybridized carbons (Fsp3) is 0.105. The molecule has 0 aliphatic carbocycles. The van der Waals surface area contributed by atoms with E-state index in [9.17, 15) is 8.42 Å². The Balaban J connectivity index is 2.16. The average molecular weight is 403 g/mol. The van der Waals surface area contributed by atoms with Crippen molar-refractivity contribution < 1.29 is 8.42 Å². The van der Waals surface area contributed by atoms with Crippen LogP contribution in [0.25, 0.3) is 11.1 Å². The molecule has 134 valence electrons. The van der Waals surface area contributed by atoms with Crippen molar-refractivity contribution in [3.05, 3.63) is 59.0 Å². The van der Waals surface area contributed by atoms with E-state index in [-0.39, 0.29) is 9.79 Å². The second kappa shape index (κ2) is 7.26. The Morgan fingerprint density at radius 2 is 1.88 bits per heavy atom. The van der Waals surface area contributed by atoms with E-state index < -0.39 is 9.84 Å². The molecule has 4 nitrogen and oxygen atoms in total. The van der Waals surface area contributed by atoms with Crippen LogP contribution < -0.4 is 5.73 Å². The van der Waals surface area contributed by atoms with Crippen molar-refractivity contribution in [2.24, 2.45) is 0 Å². The summed E-state index contributed by atoms with van der Waals surface area (Å²) < 4.78 is 27.1. The number of hydrogen-bond donors (Lipinski definition) is 2. The van der Waals surface area contributed by atoms with Gasteiger partial charge in [-0.25, -0.2) is 8.42 Å². The Labute approximate surface area is 161 Å². The molecule has 0 amide bonds. The Kier molecular flexibility index (Phi) is 5.22. The van der Waals surface area contributed by atoms with Crippen molar-refractivity contribution >= 4 is 44.8 Å². The van der Waals surface area contributed by atoms with Crippen molar-refractivity contribution in [3.8, 4) is 11.1 Å². The minimum atomic E-state index is -3.68. The maximum absolute atomic E-state index is 13.2. The Hall–Kier alpha value is -2.09. The molecule has 3 N–H and O–H groups in total. The third-order valence-electron chi connectivity index (χ3n) is 4.04. The second-order valence-electron chi connectivity index (χ2n) is 5.72. The van der Waals surface area contributed by atoms with Gasteiger partial charge >= 0.3 is 0 Å². The summed E-state index contributed by atoms with van der Waals surface area (Å²) in [7, 11) is -3.68. The highest BCUT2D eigenvalue weighted by Crippen LogP contribution is 2.38. The van der Waals surface area contributed by atoms with Crippen molar-refractivity contribution in [3.63, 3.8) is 0 Å². The zero-order valence-corrected chi connectivity index (χ0v) is 16.8. The number of rotatable bonds is 5. The van der Waals surface area contributed by atoms with Gasteiger partial charge in [0.25, 0.3) is 0 Å². The zero-order chi connectivity index (χ0) is 18.9. The molecule has 0 atom stereocenters. The molecule has 3 rings (SSSR count). The number of aryl methyl sites for hydroxylation is 1. The van der Waals surface area contributed by atoms with Gasteiger partial charge in [0.1, 0.15) is 0 Å². The monoisotopic (exact) mass is 402 g/mol. The Morgan fingerprint density at radius 1 is 1.15 bits per heavy atom. The van der Waals surface area contributed by atoms with Gasteiger partial charge in [0.15, 0.2) is 0 Å². The maximum Gasteiger partial charge on any atom is 0.208 e. The lowest BCUT2D eigenvalue weighted by Crippen LogP contribution is -2.02. The van der Waals surface area contributed by atoms with Gasteiger partial charge in [-0.15, -0.1) is 23.1 Å². The highest BCUT2D eigenvalue weighted by Gasteiger charge is 2.24. The zero-order valence-electron chi connectivity index (χ0n) is 14.3. The van der Waals surface area contributed by atoms with Crippen LogP contribution in [0.15, 0.2) is 62.5 Å². The Morgan fingerprint density at radius 3 is 2.54 bits per heavy atom. The van der Waals surface area contributed by atoms with Crippen LogP contribution in [0.1, 0.15) is 10.4 Å². The topological polar surface area (TPSA) is 84.0 Å². The minimum Gasteiger partial charge on any atom is -0.398 e. The van der Waals surface area contributed by atoms with Crippen LogP contribution in [0.5, 0.6) is 0 Å². The number of anilines is 1. The van der Waals surface area contributed by atoms with Crippen LogP contribution in [0, 0.1) is 12.3 Å². The summed E-state index contributed by atoms with van der Waals surface area (Å²) in [6.07, 6.45) is 3.01. The first-order chi connectivity index (χ1) is 12.4. The van der Waals surface area contributed by atoms with Crippen LogP contribution in [0.3, 0.4) is 0 Å². The third kappa shape index (κ3) is 3.30. The third-order valence-corrected chi connectivity index (χ3v) is 8.29. The lowest BCUT2D eigenvalue weighted by atomic mass is 9.99. The van der Waals surface area contributed by atoms with Gasteiger partial charge in [-0.3, -0.25) is 0 Å². The molecule has 0 spiro atoms. The van der Waals surface area contributed by atoms with Gasteiger partial charge in [-0.2, -0.15) is 0 Å². The number of nitrogens with one attached hydrogen (secondary N) is 1. The van der Waals surface area contributed by atoms with Gasteiger partial charge in [-0.1, -0.05) is 24.3 Å². The molecule has 0 radical (unpaired) electrons. The van der Waals surface area contributed by atoms with E-state index in [1.807, 2.05) is 37.4 Å². The number of nitrogen functional groups attached to an aromatic ring is 1. The molecule has 26 heavy (non-hydrogen) atoms. The summed E-state index contributed by atoms with van der Waals surface area (Å²) >= 11 is 2.68. The van der Waals surface area contributed by atoms with Gasteiger partial charge in [0, 0.05) is 22.3 Å². The average Bonchev–Trinajstić information content (AvgIpc) is 3.06. The number of nitrogens with two attached hydrogens (primary N) is 1. The van der Waals surface area contributed by atoms with E-state index >= 15 is 0 Å². The number of hydrogen-bond acceptors (Lipinski definition) is 6. The quantitative estimate of drug-likeness (QED) is 0.363. The molecule has 1 aromatic heterocycles. The van der Waals surface area contributed by atoms with E-state index in [4.69, 9.17) is 11.1 Å². The van der Waals surface area contributed by atoms with Gasteiger partial charge in [-0.05, 0) is 48.6 Å². The van der Waals surface area contributed by atoms with E-state index in [2.05, 4.69) is 0 Å². The minimum absolute atomic E-state index is 0.224. The molecule has 0 unspecified atom stereocenters. The van der Waals surface area contributed by atoms with E-state index in [1.165, 1.54) is 29.3 Å². The van der Waals surface area contributed by atoms with Crippen LogP contribution in [-0.2, 0) is 9.84 Å². The van der Waals surface area contributed by atoms with Crippen LogP contribution >= 0.6 is 23.1 Å². The second-order valence-corrected chi connectivity index (χ2v) is 9.80. The predicted molar refractivity (Wildman–Crippen MR) is 110 cm³/mol. The fourth-order valence-electron chi connectivity index (χ4n) is 2.81. The molecule has 0 aliphatic heterocycles. The summed E-state index contributed by atoms with van der Waals surface area (Å²) in [5, 5.41) is 7.40. The first-order valence-corrected chi connectivity index (χ1v) is 11.3. The number of thioether (sulfide) groups is 1. The molecular formula is C19H18N2O2S3. The molecule has 0 saturated heterocycles. The SMILES string of the molecule is CSc1sc(C=N)cc1S(=O)(=O)c1cccc(-c2c(C)cccc2N)c1. The molecule has 2 aromatic carbocycles. The van der Waals surface area contributed by atoms with Crippen LogP contribution in [0.4, 0.5) is 5.69 Å². The van der Waals surface area contributed by atoms with E-state index in [0.717, 1.165) is 16.7 Å². The number of benzene rings is 2. The molecule has 7 heteroatoms. The summed E-state index contributed by atoms with van der Waals surface area (Å²) in [6, 6.07) is 14.1. The summed E-state index contributed by atoms with van der Waals surface area (Å²) in [5.74, 6) is 0.